The van der Waals surface area contributed by atoms with Gasteiger partial charge in [-0.3, -0.25) is 4.79 Å². The molecule has 1 aromatic carbocycles. The number of amides is 1. The number of carbonyl (C=O) groups is 1. The number of carbonyl (C=O) groups excluding carboxylic acids is 1. The molecule has 0 aromatic heterocycles. The fraction of sp³-hybridized carbons (Fsp3) is 0.462. The lowest BCUT2D eigenvalue weighted by molar-refractivity contribution is 0.0903. The Morgan fingerprint density at radius 2 is 2.12 bits per heavy atom. The summed E-state index contributed by atoms with van der Waals surface area (Å²) in [6, 6.07) is 4.48. The second-order valence-corrected chi connectivity index (χ2v) is 5.52. The lowest BCUT2D eigenvalue weighted by atomic mass is 9.98. The van der Waals surface area contributed by atoms with Crippen LogP contribution < -0.4 is 5.32 Å². The van der Waals surface area contributed by atoms with Crippen LogP contribution in [0.3, 0.4) is 0 Å². The van der Waals surface area contributed by atoms with Gasteiger partial charge >= 0.3 is 0 Å². The van der Waals surface area contributed by atoms with Crippen LogP contribution in [-0.4, -0.2) is 16.6 Å². The number of phenolic OH excluding ortho intramolecular Hbond substituents is 1. The lowest BCUT2D eigenvalue weighted by Crippen LogP contribution is -2.45. The van der Waals surface area contributed by atoms with Gasteiger partial charge in [-0.05, 0) is 50.8 Å². The molecular formula is C13H16ClNO2. The quantitative estimate of drug-likeness (QED) is 0.870. The maximum atomic E-state index is 12.0. The summed E-state index contributed by atoms with van der Waals surface area (Å²) in [5, 5.41) is 12.5. The molecule has 0 heterocycles. The van der Waals surface area contributed by atoms with Crippen molar-refractivity contribution in [3.05, 3.63) is 28.8 Å². The molecule has 3 nitrogen and oxygen atoms in total. The Morgan fingerprint density at radius 3 is 2.65 bits per heavy atom. The van der Waals surface area contributed by atoms with Gasteiger partial charge in [-0.25, -0.2) is 0 Å². The third kappa shape index (κ3) is 2.72. The average molecular weight is 254 g/mol. The minimum atomic E-state index is -0.179. The third-order valence-corrected chi connectivity index (χ3v) is 3.55. The van der Waals surface area contributed by atoms with Crippen molar-refractivity contribution in [1.29, 1.82) is 0 Å². The zero-order valence-corrected chi connectivity index (χ0v) is 10.7. The van der Waals surface area contributed by atoms with Gasteiger partial charge in [-0.1, -0.05) is 11.6 Å². The van der Waals surface area contributed by atoms with Gasteiger partial charge in [-0.2, -0.15) is 0 Å². The molecule has 1 aliphatic rings. The minimum absolute atomic E-state index is 0.00957. The zero-order chi connectivity index (χ0) is 12.6. The van der Waals surface area contributed by atoms with Crippen molar-refractivity contribution in [2.45, 2.75) is 32.2 Å². The van der Waals surface area contributed by atoms with Crippen molar-refractivity contribution in [2.24, 2.45) is 5.92 Å². The molecule has 0 radical (unpaired) electrons. The van der Waals surface area contributed by atoms with E-state index < -0.39 is 0 Å². The number of aromatic hydroxyl groups is 1. The second-order valence-electron chi connectivity index (χ2n) is 5.12. The van der Waals surface area contributed by atoms with E-state index in [4.69, 9.17) is 11.6 Å². The summed E-state index contributed by atoms with van der Waals surface area (Å²) < 4.78 is 0. The highest BCUT2D eigenvalue weighted by Gasteiger charge is 2.38. The number of hydrogen-bond acceptors (Lipinski definition) is 2. The highest BCUT2D eigenvalue weighted by molar-refractivity contribution is 6.32. The molecule has 0 saturated heterocycles. The molecule has 1 saturated carbocycles. The first-order chi connectivity index (χ1) is 7.90. The highest BCUT2D eigenvalue weighted by atomic mass is 35.5. The summed E-state index contributed by atoms with van der Waals surface area (Å²) in [6.45, 7) is 4.06. The largest absolute Gasteiger partial charge is 0.506 e. The molecule has 0 unspecified atom stereocenters. The molecule has 1 amide bonds. The van der Waals surface area contributed by atoms with Gasteiger partial charge in [0.15, 0.2) is 0 Å². The van der Waals surface area contributed by atoms with E-state index in [0.29, 0.717) is 11.5 Å². The Kier molecular flexibility index (Phi) is 3.04. The highest BCUT2D eigenvalue weighted by Crippen LogP contribution is 2.39. The van der Waals surface area contributed by atoms with Gasteiger partial charge in [0, 0.05) is 11.1 Å². The second kappa shape index (κ2) is 4.22. The van der Waals surface area contributed by atoms with Gasteiger partial charge in [0.05, 0.1) is 5.02 Å². The van der Waals surface area contributed by atoms with Gasteiger partial charge in [0.1, 0.15) is 5.75 Å². The van der Waals surface area contributed by atoms with Gasteiger partial charge < -0.3 is 10.4 Å². The number of benzene rings is 1. The molecule has 1 fully saturated rings. The summed E-state index contributed by atoms with van der Waals surface area (Å²) in [5.74, 6) is 0.410. The van der Waals surface area contributed by atoms with Crippen LogP contribution in [0.25, 0.3) is 0 Å². The lowest BCUT2D eigenvalue weighted by Gasteiger charge is -2.26. The molecule has 1 aliphatic carbocycles. The number of phenols is 1. The number of hydrogen-bond donors (Lipinski definition) is 2. The fourth-order valence-electron chi connectivity index (χ4n) is 1.92. The van der Waals surface area contributed by atoms with E-state index >= 15 is 0 Å². The molecule has 1 aromatic rings. The van der Waals surface area contributed by atoms with E-state index in [1.165, 1.54) is 25.0 Å². The first kappa shape index (κ1) is 12.2. The smallest absolute Gasteiger partial charge is 0.251 e. The van der Waals surface area contributed by atoms with E-state index in [1.807, 2.05) is 13.8 Å². The van der Waals surface area contributed by atoms with E-state index in [-0.39, 0.29) is 22.2 Å². The summed E-state index contributed by atoms with van der Waals surface area (Å²) >= 11 is 5.77. The van der Waals surface area contributed by atoms with Crippen LogP contribution in [-0.2, 0) is 0 Å². The normalized spacial score (nSPS) is 15.7. The molecule has 0 atom stereocenters. The summed E-state index contributed by atoms with van der Waals surface area (Å²) in [6.07, 6.45) is 2.34. The number of rotatable bonds is 3. The Balaban J connectivity index is 2.11. The van der Waals surface area contributed by atoms with Crippen molar-refractivity contribution >= 4 is 17.5 Å². The van der Waals surface area contributed by atoms with E-state index in [9.17, 15) is 9.90 Å². The summed E-state index contributed by atoms with van der Waals surface area (Å²) in [7, 11) is 0. The molecule has 0 bridgehead atoms. The van der Waals surface area contributed by atoms with Crippen molar-refractivity contribution in [2.75, 3.05) is 0 Å². The Bertz CT molecular complexity index is 453. The summed E-state index contributed by atoms with van der Waals surface area (Å²) in [5.41, 5.74) is 0.295. The predicted octanol–water partition coefficient (Wildman–Crippen LogP) is 2.96. The third-order valence-electron chi connectivity index (χ3n) is 3.24. The average Bonchev–Trinajstić information content (AvgIpc) is 3.04. The van der Waals surface area contributed by atoms with Crippen LogP contribution in [0.4, 0.5) is 0 Å². The molecule has 2 rings (SSSR count). The SMILES string of the molecule is CC(C)(NC(=O)c1ccc(O)c(Cl)c1)C1CC1. The first-order valence-electron chi connectivity index (χ1n) is 5.71. The fourth-order valence-corrected chi connectivity index (χ4v) is 2.10. The van der Waals surface area contributed by atoms with Crippen molar-refractivity contribution in [1.82, 2.24) is 5.32 Å². The molecule has 92 valence electrons. The maximum absolute atomic E-state index is 12.0. The summed E-state index contributed by atoms with van der Waals surface area (Å²) in [4.78, 5) is 12.0. The van der Waals surface area contributed by atoms with Crippen molar-refractivity contribution in [3.8, 4) is 5.75 Å². The van der Waals surface area contributed by atoms with E-state index in [2.05, 4.69) is 5.32 Å². The van der Waals surface area contributed by atoms with Crippen LogP contribution in [0, 0.1) is 5.92 Å². The van der Waals surface area contributed by atoms with Crippen LogP contribution >= 0.6 is 11.6 Å². The van der Waals surface area contributed by atoms with Crippen molar-refractivity contribution in [3.63, 3.8) is 0 Å². The van der Waals surface area contributed by atoms with Crippen molar-refractivity contribution < 1.29 is 9.90 Å². The maximum Gasteiger partial charge on any atom is 0.251 e. The number of halogens is 1. The van der Waals surface area contributed by atoms with E-state index in [0.717, 1.165) is 0 Å². The molecule has 0 aliphatic heterocycles. The Morgan fingerprint density at radius 1 is 1.47 bits per heavy atom. The first-order valence-corrected chi connectivity index (χ1v) is 6.09. The van der Waals surface area contributed by atoms with Crippen LogP contribution in [0.15, 0.2) is 18.2 Å². The monoisotopic (exact) mass is 253 g/mol. The van der Waals surface area contributed by atoms with Crippen LogP contribution in [0.1, 0.15) is 37.0 Å². The van der Waals surface area contributed by atoms with Gasteiger partial charge in [-0.15, -0.1) is 0 Å². The Labute approximate surface area is 106 Å². The van der Waals surface area contributed by atoms with Gasteiger partial charge in [0.2, 0.25) is 0 Å². The minimum Gasteiger partial charge on any atom is -0.506 e. The predicted molar refractivity (Wildman–Crippen MR) is 67.4 cm³/mol. The molecular weight excluding hydrogens is 238 g/mol. The molecule has 0 spiro atoms. The molecule has 17 heavy (non-hydrogen) atoms. The van der Waals surface area contributed by atoms with E-state index in [1.54, 1.807) is 6.07 Å². The standard InChI is InChI=1S/C13H16ClNO2/c1-13(2,9-4-5-9)15-12(17)8-3-6-11(16)10(14)7-8/h3,6-7,9,16H,4-5H2,1-2H3,(H,15,17). The van der Waals surface area contributed by atoms with Crippen LogP contribution in [0.2, 0.25) is 5.02 Å². The topological polar surface area (TPSA) is 49.3 Å². The number of nitrogens with one attached hydrogen (secondary N) is 1. The zero-order valence-electron chi connectivity index (χ0n) is 9.96. The van der Waals surface area contributed by atoms with Crippen LogP contribution in [0.5, 0.6) is 5.75 Å². The molecule has 4 heteroatoms. The Hall–Kier alpha value is -1.22. The molecule has 2 N–H and O–H groups in total. The van der Waals surface area contributed by atoms with Gasteiger partial charge in [0.25, 0.3) is 5.91 Å².